The molecule has 1 saturated heterocycles. The second kappa shape index (κ2) is 49.9. The van der Waals surface area contributed by atoms with E-state index in [2.05, 4.69) is 86.8 Å². The molecule has 6 N–H and O–H groups in total. The number of amides is 1. The van der Waals surface area contributed by atoms with E-state index in [1.807, 2.05) is 6.08 Å². The van der Waals surface area contributed by atoms with Gasteiger partial charge in [-0.15, -0.1) is 0 Å². The van der Waals surface area contributed by atoms with Crippen LogP contribution in [0.25, 0.3) is 0 Å². The van der Waals surface area contributed by atoms with E-state index in [-0.39, 0.29) is 19.4 Å². The number of hydrogen-bond acceptors (Lipinski definition) is 10. The van der Waals surface area contributed by atoms with Gasteiger partial charge in [-0.2, -0.15) is 0 Å². The Balaban J connectivity index is 2.72. The Morgan fingerprint density at radius 3 is 1.44 bits per heavy atom. The highest BCUT2D eigenvalue weighted by Crippen LogP contribution is 2.26. The van der Waals surface area contributed by atoms with E-state index >= 15 is 0 Å². The number of aliphatic hydroxyl groups is 5. The molecule has 8 atom stereocenters. The van der Waals surface area contributed by atoms with Gasteiger partial charge in [0.2, 0.25) is 5.91 Å². The molecule has 1 aliphatic heterocycles. The molecule has 0 aromatic carbocycles. The summed E-state index contributed by atoms with van der Waals surface area (Å²) in [5.41, 5.74) is 0. The van der Waals surface area contributed by atoms with Gasteiger partial charge in [0.1, 0.15) is 24.4 Å². The van der Waals surface area contributed by atoms with Gasteiger partial charge in [0.25, 0.3) is 0 Å². The van der Waals surface area contributed by atoms with E-state index in [0.717, 1.165) is 109 Å². The van der Waals surface area contributed by atoms with Crippen molar-refractivity contribution in [3.8, 4) is 0 Å². The molecule has 0 aliphatic carbocycles. The molecule has 0 aromatic heterocycles. The number of unbranched alkanes of at least 4 members (excludes halogenated alkanes) is 25. The summed E-state index contributed by atoms with van der Waals surface area (Å²) in [6.45, 7) is 5.70. The second-order valence-electron chi connectivity index (χ2n) is 20.4. The Kier molecular flexibility index (Phi) is 46.6. The minimum absolute atomic E-state index is 0.0946. The number of aliphatic hydroxyl groups excluding tert-OH is 5. The summed E-state index contributed by atoms with van der Waals surface area (Å²) in [5, 5.41) is 56.8. The van der Waals surface area contributed by atoms with E-state index in [1.165, 1.54) is 89.9 Å². The summed E-state index contributed by atoms with van der Waals surface area (Å²) < 4.78 is 17.6. The zero-order valence-electron chi connectivity index (χ0n) is 46.5. The monoisotopic (exact) mass is 1030 g/mol. The van der Waals surface area contributed by atoms with Crippen LogP contribution in [0, 0.1) is 0 Å². The van der Waals surface area contributed by atoms with Crippen LogP contribution < -0.4 is 5.32 Å². The molecule has 1 heterocycles. The van der Waals surface area contributed by atoms with Gasteiger partial charge in [-0.05, 0) is 96.3 Å². The van der Waals surface area contributed by atoms with Gasteiger partial charge in [0, 0.05) is 6.42 Å². The van der Waals surface area contributed by atoms with Crippen LogP contribution in [0.15, 0.2) is 72.9 Å². The second-order valence-corrected chi connectivity index (χ2v) is 20.4. The molecule has 0 saturated carbocycles. The molecule has 0 bridgehead atoms. The SMILES string of the molecule is CCCCC/C=C\C/C=C\C/C=C\CCCCCCC(=O)OC1C(OCC(NC(=O)C(O)CCCCCCCC/C=C\C/C=C\CCCCC)C(O)/C=C/CCCCCCCCCCC)OC(CO)C(O)C1O. The topological polar surface area (TPSA) is 175 Å². The average molecular weight is 1030 g/mol. The first kappa shape index (κ1) is 68.1. The van der Waals surface area contributed by atoms with Crippen LogP contribution in [0.2, 0.25) is 0 Å². The number of esters is 1. The number of nitrogens with one attached hydrogen (secondary N) is 1. The maximum Gasteiger partial charge on any atom is 0.306 e. The standard InChI is InChI=1S/C62H109NO10/c1-4-7-10-13-16-19-22-24-26-28-30-32-35-38-41-44-47-50-57(67)73-60-59(69)58(68)56(51-64)72-62(60)71-52-53(54(65)48-45-42-39-36-33-21-18-15-12-9-6-3)63-61(70)55(66)49-46-43-40-37-34-31-29-27-25-23-20-17-14-11-8-5-2/h16-17,19-20,24-27,30,32,45,48,53-56,58-60,62,64-66,68-69H,4-15,18,21-23,28-29,31,33-44,46-47,49-52H2,1-3H3,(H,63,70)/b19-16-,20-17-,26-24-,27-25-,32-30-,48-45+. The fraction of sp³-hybridized carbons (Fsp3) is 0.774. The molecule has 0 aromatic rings. The highest BCUT2D eigenvalue weighted by atomic mass is 16.7. The molecule has 1 rings (SSSR count). The van der Waals surface area contributed by atoms with Gasteiger partial charge in [0.05, 0.1) is 25.4 Å². The fourth-order valence-electron chi connectivity index (χ4n) is 8.80. The first-order chi connectivity index (χ1) is 35.7. The van der Waals surface area contributed by atoms with E-state index in [9.17, 15) is 35.1 Å². The van der Waals surface area contributed by atoms with Crippen molar-refractivity contribution in [1.82, 2.24) is 5.32 Å². The van der Waals surface area contributed by atoms with Crippen molar-refractivity contribution in [3.05, 3.63) is 72.9 Å². The summed E-state index contributed by atoms with van der Waals surface area (Å²) in [4.78, 5) is 26.5. The van der Waals surface area contributed by atoms with Crippen LogP contribution in [0.4, 0.5) is 0 Å². The van der Waals surface area contributed by atoms with Crippen molar-refractivity contribution in [1.29, 1.82) is 0 Å². The molecular formula is C62H109NO10. The molecule has 11 heteroatoms. The summed E-state index contributed by atoms with van der Waals surface area (Å²) in [7, 11) is 0. The Hall–Kier alpha value is -2.90. The van der Waals surface area contributed by atoms with Crippen LogP contribution in [-0.2, 0) is 23.8 Å². The van der Waals surface area contributed by atoms with Gasteiger partial charge in [-0.1, -0.05) is 216 Å². The zero-order valence-corrected chi connectivity index (χ0v) is 46.5. The summed E-state index contributed by atoms with van der Waals surface area (Å²) in [6, 6.07) is -1.03. The number of allylic oxidation sites excluding steroid dienone is 11. The Morgan fingerprint density at radius 1 is 0.534 bits per heavy atom. The van der Waals surface area contributed by atoms with Crippen molar-refractivity contribution < 1.29 is 49.3 Å². The smallest absolute Gasteiger partial charge is 0.306 e. The number of hydrogen-bond donors (Lipinski definition) is 6. The van der Waals surface area contributed by atoms with Gasteiger partial charge >= 0.3 is 5.97 Å². The molecule has 1 amide bonds. The molecular weight excluding hydrogens is 919 g/mol. The molecule has 1 fully saturated rings. The lowest BCUT2D eigenvalue weighted by Gasteiger charge is -2.41. The van der Waals surface area contributed by atoms with E-state index in [0.29, 0.717) is 12.8 Å². The van der Waals surface area contributed by atoms with Crippen molar-refractivity contribution in [2.75, 3.05) is 13.2 Å². The van der Waals surface area contributed by atoms with Gasteiger partial charge in [-0.3, -0.25) is 9.59 Å². The van der Waals surface area contributed by atoms with Gasteiger partial charge in [-0.25, -0.2) is 0 Å². The van der Waals surface area contributed by atoms with Crippen LogP contribution in [0.5, 0.6) is 0 Å². The highest BCUT2D eigenvalue weighted by molar-refractivity contribution is 5.80. The molecule has 73 heavy (non-hydrogen) atoms. The van der Waals surface area contributed by atoms with E-state index < -0.39 is 67.4 Å². The lowest BCUT2D eigenvalue weighted by molar-refractivity contribution is -0.305. The first-order valence-corrected chi connectivity index (χ1v) is 29.7. The van der Waals surface area contributed by atoms with Crippen LogP contribution in [0.1, 0.15) is 245 Å². The minimum Gasteiger partial charge on any atom is -0.454 e. The third-order valence-electron chi connectivity index (χ3n) is 13.6. The zero-order chi connectivity index (χ0) is 53.3. The highest BCUT2D eigenvalue weighted by Gasteiger charge is 2.47. The van der Waals surface area contributed by atoms with Crippen LogP contribution in [-0.4, -0.2) is 99.6 Å². The molecule has 8 unspecified atom stereocenters. The molecule has 0 spiro atoms. The van der Waals surface area contributed by atoms with Gasteiger partial charge in [0.15, 0.2) is 12.4 Å². The largest absolute Gasteiger partial charge is 0.454 e. The van der Waals surface area contributed by atoms with Crippen molar-refractivity contribution in [2.24, 2.45) is 0 Å². The lowest BCUT2D eigenvalue weighted by atomic mass is 9.99. The third kappa shape index (κ3) is 38.3. The lowest BCUT2D eigenvalue weighted by Crippen LogP contribution is -2.61. The number of rotatable bonds is 49. The fourth-order valence-corrected chi connectivity index (χ4v) is 8.80. The van der Waals surface area contributed by atoms with Gasteiger partial charge < -0.3 is 45.1 Å². The Bertz CT molecular complexity index is 1460. The van der Waals surface area contributed by atoms with Crippen molar-refractivity contribution >= 4 is 11.9 Å². The van der Waals surface area contributed by atoms with E-state index in [4.69, 9.17) is 14.2 Å². The van der Waals surface area contributed by atoms with E-state index in [1.54, 1.807) is 6.08 Å². The van der Waals surface area contributed by atoms with Crippen molar-refractivity contribution in [3.63, 3.8) is 0 Å². The summed E-state index contributed by atoms with van der Waals surface area (Å²) in [5.74, 6) is -1.23. The Morgan fingerprint density at radius 2 is 0.945 bits per heavy atom. The number of carbonyl (C=O) groups excluding carboxylic acids is 2. The summed E-state index contributed by atoms with van der Waals surface area (Å²) in [6.07, 6.45) is 52.2. The summed E-state index contributed by atoms with van der Waals surface area (Å²) >= 11 is 0. The Labute approximate surface area is 445 Å². The molecule has 422 valence electrons. The maximum atomic E-state index is 13.4. The quantitative estimate of drug-likeness (QED) is 0.0195. The number of ether oxygens (including phenoxy) is 3. The average Bonchev–Trinajstić information content (AvgIpc) is 3.39. The first-order valence-electron chi connectivity index (χ1n) is 29.7. The van der Waals surface area contributed by atoms with Crippen LogP contribution >= 0.6 is 0 Å². The maximum absolute atomic E-state index is 13.4. The molecule has 11 nitrogen and oxygen atoms in total. The predicted octanol–water partition coefficient (Wildman–Crippen LogP) is 13.6. The molecule has 1 aliphatic rings. The predicted molar refractivity (Wildman–Crippen MR) is 301 cm³/mol. The third-order valence-corrected chi connectivity index (χ3v) is 13.6. The van der Waals surface area contributed by atoms with Crippen LogP contribution in [0.3, 0.4) is 0 Å². The normalized spacial score (nSPS) is 19.9. The molecule has 0 radical (unpaired) electrons. The number of carbonyl (C=O) groups is 2. The van der Waals surface area contributed by atoms with Crippen molar-refractivity contribution in [2.45, 2.75) is 294 Å². The minimum atomic E-state index is -1.63.